The molecule has 3 aliphatic rings. The first-order chi connectivity index (χ1) is 16.4. The predicted molar refractivity (Wildman–Crippen MR) is 127 cm³/mol. The third-order valence-electron chi connectivity index (χ3n) is 6.55. The topological polar surface area (TPSA) is 95.1 Å². The molecule has 3 heterocycles. The first-order valence-corrected chi connectivity index (χ1v) is 11.7. The van der Waals surface area contributed by atoms with E-state index in [1.54, 1.807) is 31.3 Å². The molecule has 3 amide bonds. The first-order valence-electron chi connectivity index (χ1n) is 11.7. The molecule has 1 N–H and O–H groups in total. The fraction of sp³-hybridized carbons (Fsp3) is 0.440. The largest absolute Gasteiger partial charge is 0.479 e. The average Bonchev–Trinajstić information content (AvgIpc) is 3.53. The predicted octanol–water partition coefficient (Wildman–Crippen LogP) is 2.13. The van der Waals surface area contributed by atoms with Gasteiger partial charge in [0.2, 0.25) is 5.91 Å². The number of nitrogens with zero attached hydrogens (tertiary/aromatic N) is 4. The Labute approximate surface area is 198 Å². The summed E-state index contributed by atoms with van der Waals surface area (Å²) in [6.07, 6.45) is 4.16. The number of amides is 3. The molecule has 0 spiro atoms. The maximum atomic E-state index is 13.1. The van der Waals surface area contributed by atoms with Gasteiger partial charge in [0.1, 0.15) is 18.1 Å². The van der Waals surface area contributed by atoms with Gasteiger partial charge in [0, 0.05) is 51.4 Å². The SMILES string of the molecule is CN(C)C(=O)CN1Cc2ccc(N3CCC(Oc4ccc(NCC5CC5)nc4)C3=O)cc2C1=O. The summed E-state index contributed by atoms with van der Waals surface area (Å²) >= 11 is 0. The molecule has 34 heavy (non-hydrogen) atoms. The number of nitrogens with one attached hydrogen (secondary N) is 1. The van der Waals surface area contributed by atoms with Crippen molar-refractivity contribution in [3.05, 3.63) is 47.7 Å². The monoisotopic (exact) mass is 463 g/mol. The molecule has 0 bridgehead atoms. The Bertz CT molecular complexity index is 1110. The summed E-state index contributed by atoms with van der Waals surface area (Å²) in [6, 6.07) is 9.16. The standard InChI is InChI=1S/C25H29N5O4/c1-28(2)23(31)15-29-14-17-5-6-18(11-20(17)24(29)32)30-10-9-21(25(30)33)34-19-7-8-22(27-13-19)26-12-16-3-4-16/h5-8,11,13,16,21H,3-4,9-10,12,14-15H2,1-2H3,(H,26,27). The summed E-state index contributed by atoms with van der Waals surface area (Å²) in [6.45, 7) is 1.88. The third kappa shape index (κ3) is 4.55. The molecule has 1 saturated heterocycles. The zero-order valence-corrected chi connectivity index (χ0v) is 19.5. The van der Waals surface area contributed by atoms with Crippen molar-refractivity contribution in [2.45, 2.75) is 31.9 Å². The minimum atomic E-state index is -0.592. The molecule has 1 unspecified atom stereocenters. The fourth-order valence-electron chi connectivity index (χ4n) is 4.26. The Hall–Kier alpha value is -3.62. The van der Waals surface area contributed by atoms with Gasteiger partial charge in [-0.3, -0.25) is 14.4 Å². The smallest absolute Gasteiger partial charge is 0.268 e. The number of anilines is 2. The summed E-state index contributed by atoms with van der Waals surface area (Å²) in [7, 11) is 3.34. The van der Waals surface area contributed by atoms with E-state index < -0.39 is 6.10 Å². The molecule has 1 aromatic heterocycles. The quantitative estimate of drug-likeness (QED) is 0.645. The average molecular weight is 464 g/mol. The van der Waals surface area contributed by atoms with Crippen LogP contribution < -0.4 is 15.0 Å². The van der Waals surface area contributed by atoms with Gasteiger partial charge in [-0.25, -0.2) is 4.98 Å². The Morgan fingerprint density at radius 1 is 1.18 bits per heavy atom. The maximum absolute atomic E-state index is 13.1. The highest BCUT2D eigenvalue weighted by Gasteiger charge is 2.36. The highest BCUT2D eigenvalue weighted by atomic mass is 16.5. The van der Waals surface area contributed by atoms with Crippen LogP contribution >= 0.6 is 0 Å². The van der Waals surface area contributed by atoms with Crippen LogP contribution in [0.25, 0.3) is 0 Å². The van der Waals surface area contributed by atoms with Gasteiger partial charge < -0.3 is 24.8 Å². The molecule has 1 aromatic carbocycles. The van der Waals surface area contributed by atoms with Gasteiger partial charge in [-0.05, 0) is 48.6 Å². The van der Waals surface area contributed by atoms with Crippen LogP contribution in [0.4, 0.5) is 11.5 Å². The Kier molecular flexibility index (Phi) is 5.85. The number of aromatic nitrogens is 1. The van der Waals surface area contributed by atoms with Crippen molar-refractivity contribution in [3.8, 4) is 5.75 Å². The van der Waals surface area contributed by atoms with E-state index in [0.29, 0.717) is 36.5 Å². The number of carbonyl (C=O) groups excluding carboxylic acids is 3. The number of rotatable bonds is 8. The van der Waals surface area contributed by atoms with Gasteiger partial charge in [-0.2, -0.15) is 0 Å². The first kappa shape index (κ1) is 22.2. The molecular formula is C25H29N5O4. The number of benzene rings is 1. The maximum Gasteiger partial charge on any atom is 0.268 e. The second kappa shape index (κ2) is 8.96. The lowest BCUT2D eigenvalue weighted by atomic mass is 10.1. The van der Waals surface area contributed by atoms with Crippen LogP contribution in [0.15, 0.2) is 36.5 Å². The Morgan fingerprint density at radius 2 is 2.00 bits per heavy atom. The van der Waals surface area contributed by atoms with Crippen molar-refractivity contribution in [1.82, 2.24) is 14.8 Å². The number of fused-ring (bicyclic) bond motifs is 1. The van der Waals surface area contributed by atoms with Crippen LogP contribution in [0.5, 0.6) is 5.75 Å². The van der Waals surface area contributed by atoms with Crippen molar-refractivity contribution < 1.29 is 19.1 Å². The lowest BCUT2D eigenvalue weighted by Gasteiger charge is -2.18. The zero-order valence-electron chi connectivity index (χ0n) is 19.5. The van der Waals surface area contributed by atoms with E-state index in [0.717, 1.165) is 23.8 Å². The van der Waals surface area contributed by atoms with Crippen LogP contribution in [0.1, 0.15) is 35.2 Å². The van der Waals surface area contributed by atoms with E-state index in [4.69, 9.17) is 4.74 Å². The number of pyridine rings is 1. The molecule has 178 valence electrons. The normalized spacial score (nSPS) is 19.4. The number of hydrogen-bond donors (Lipinski definition) is 1. The minimum Gasteiger partial charge on any atom is -0.479 e. The molecule has 9 heteroatoms. The highest BCUT2D eigenvalue weighted by molar-refractivity contribution is 6.03. The molecule has 2 aromatic rings. The summed E-state index contributed by atoms with van der Waals surface area (Å²) in [5.74, 6) is 1.68. The van der Waals surface area contributed by atoms with Crippen LogP contribution in [0.2, 0.25) is 0 Å². The van der Waals surface area contributed by atoms with Crippen molar-refractivity contribution in [2.24, 2.45) is 5.92 Å². The fourth-order valence-corrected chi connectivity index (χ4v) is 4.26. The molecular weight excluding hydrogens is 434 g/mol. The van der Waals surface area contributed by atoms with Crippen molar-refractivity contribution >= 4 is 29.2 Å². The van der Waals surface area contributed by atoms with Crippen molar-refractivity contribution in [3.63, 3.8) is 0 Å². The summed E-state index contributed by atoms with van der Waals surface area (Å²) in [4.78, 5) is 47.0. The van der Waals surface area contributed by atoms with E-state index in [2.05, 4.69) is 10.3 Å². The second-order valence-electron chi connectivity index (χ2n) is 9.38. The molecule has 1 saturated carbocycles. The van der Waals surface area contributed by atoms with E-state index in [1.165, 1.54) is 22.6 Å². The van der Waals surface area contributed by atoms with Crippen LogP contribution in [-0.4, -0.2) is 72.3 Å². The van der Waals surface area contributed by atoms with E-state index in [-0.39, 0.29) is 24.3 Å². The number of hydrogen-bond acceptors (Lipinski definition) is 6. The molecule has 1 atom stereocenters. The molecule has 2 fully saturated rings. The number of ether oxygens (including phenoxy) is 1. The minimum absolute atomic E-state index is 0.0390. The van der Waals surface area contributed by atoms with Crippen molar-refractivity contribution in [2.75, 3.05) is 43.9 Å². The number of likely N-dealkylation sites (N-methyl/N-ethyl adjacent to an activating group) is 1. The summed E-state index contributed by atoms with van der Waals surface area (Å²) in [5, 5.41) is 3.31. The lowest BCUT2D eigenvalue weighted by Crippen LogP contribution is -2.36. The van der Waals surface area contributed by atoms with E-state index in [1.807, 2.05) is 24.3 Å². The van der Waals surface area contributed by atoms with Gasteiger partial charge >= 0.3 is 0 Å². The van der Waals surface area contributed by atoms with Gasteiger partial charge in [-0.15, -0.1) is 0 Å². The number of carbonyl (C=O) groups is 3. The van der Waals surface area contributed by atoms with Gasteiger partial charge in [0.15, 0.2) is 6.10 Å². The van der Waals surface area contributed by atoms with Crippen molar-refractivity contribution in [1.29, 1.82) is 0 Å². The third-order valence-corrected chi connectivity index (χ3v) is 6.55. The molecule has 5 rings (SSSR count). The van der Waals surface area contributed by atoms with Gasteiger partial charge in [0.05, 0.1) is 6.20 Å². The summed E-state index contributed by atoms with van der Waals surface area (Å²) in [5.41, 5.74) is 2.07. The lowest BCUT2D eigenvalue weighted by molar-refractivity contribution is -0.129. The van der Waals surface area contributed by atoms with Gasteiger partial charge in [0.25, 0.3) is 11.8 Å². The highest BCUT2D eigenvalue weighted by Crippen LogP contribution is 2.31. The summed E-state index contributed by atoms with van der Waals surface area (Å²) < 4.78 is 5.93. The molecule has 0 radical (unpaired) electrons. The molecule has 1 aliphatic carbocycles. The van der Waals surface area contributed by atoms with Crippen LogP contribution in [0.3, 0.4) is 0 Å². The molecule has 2 aliphatic heterocycles. The van der Waals surface area contributed by atoms with E-state index in [9.17, 15) is 14.4 Å². The Morgan fingerprint density at radius 3 is 2.71 bits per heavy atom. The zero-order chi connectivity index (χ0) is 23.8. The van der Waals surface area contributed by atoms with Crippen LogP contribution in [-0.2, 0) is 16.1 Å². The van der Waals surface area contributed by atoms with Crippen LogP contribution in [0, 0.1) is 5.92 Å². The molecule has 9 nitrogen and oxygen atoms in total. The van der Waals surface area contributed by atoms with Gasteiger partial charge in [-0.1, -0.05) is 6.07 Å². The van der Waals surface area contributed by atoms with E-state index >= 15 is 0 Å². The Balaban J connectivity index is 1.21. The second-order valence-corrected chi connectivity index (χ2v) is 9.38.